The van der Waals surface area contributed by atoms with Crippen LogP contribution in [0.25, 0.3) is 83.5 Å². The zero-order valence-corrected chi connectivity index (χ0v) is 29.7. The molecule has 9 aromatic rings. The first-order valence-corrected chi connectivity index (χ1v) is 18.6. The van der Waals surface area contributed by atoms with Gasteiger partial charge in [0.15, 0.2) is 11.6 Å². The lowest BCUT2D eigenvalue weighted by molar-refractivity contribution is 0.880. The molecule has 0 spiro atoms. The van der Waals surface area contributed by atoms with Crippen LogP contribution in [0.3, 0.4) is 0 Å². The van der Waals surface area contributed by atoms with Crippen molar-refractivity contribution in [3.05, 3.63) is 200 Å². The summed E-state index contributed by atoms with van der Waals surface area (Å²) in [5, 5.41) is 7.57. The minimum absolute atomic E-state index is 0.749. The number of allylic oxidation sites excluding steroid dienone is 4. The lowest BCUT2D eigenvalue weighted by Crippen LogP contribution is -2.00. The molecular formula is C50H36N4. The van der Waals surface area contributed by atoms with E-state index in [0.29, 0.717) is 0 Å². The Morgan fingerprint density at radius 3 is 1.52 bits per heavy atom. The van der Waals surface area contributed by atoms with Crippen molar-refractivity contribution in [3.63, 3.8) is 0 Å². The zero-order chi connectivity index (χ0) is 35.8. The average Bonchev–Trinajstić information content (AvgIpc) is 3.85. The molecule has 0 radical (unpaired) electrons. The van der Waals surface area contributed by atoms with Crippen molar-refractivity contribution in [1.82, 2.24) is 19.3 Å². The van der Waals surface area contributed by atoms with Gasteiger partial charge in [0, 0.05) is 27.6 Å². The molecule has 0 amide bonds. The molecule has 1 aliphatic carbocycles. The number of rotatable bonds is 7. The largest absolute Gasteiger partial charge is 0.309 e. The number of aromatic nitrogens is 4. The van der Waals surface area contributed by atoms with Gasteiger partial charge in [0.2, 0.25) is 0 Å². The molecule has 4 heteroatoms. The van der Waals surface area contributed by atoms with Gasteiger partial charge in [0.25, 0.3) is 0 Å². The monoisotopic (exact) mass is 692 g/mol. The smallest absolute Gasteiger partial charge is 0.181 e. The maximum Gasteiger partial charge on any atom is 0.181 e. The molecule has 2 heterocycles. The van der Waals surface area contributed by atoms with Crippen LogP contribution < -0.4 is 0 Å². The molecule has 2 aromatic heterocycles. The van der Waals surface area contributed by atoms with E-state index in [2.05, 4.69) is 181 Å². The van der Waals surface area contributed by atoms with Crippen LogP contribution in [-0.2, 0) is 0 Å². The molecule has 0 aliphatic heterocycles. The van der Waals surface area contributed by atoms with Gasteiger partial charge in [-0.1, -0.05) is 158 Å². The summed E-state index contributed by atoms with van der Waals surface area (Å²) >= 11 is 0. The topological polar surface area (TPSA) is 35.6 Å². The molecular weight excluding hydrogens is 657 g/mol. The van der Waals surface area contributed by atoms with Gasteiger partial charge in [0.05, 0.1) is 16.7 Å². The predicted octanol–water partition coefficient (Wildman–Crippen LogP) is 12.8. The minimum Gasteiger partial charge on any atom is -0.309 e. The van der Waals surface area contributed by atoms with Gasteiger partial charge in [0.1, 0.15) is 0 Å². The third-order valence-electron chi connectivity index (χ3n) is 10.5. The first kappa shape index (κ1) is 31.7. The predicted molar refractivity (Wildman–Crippen MR) is 224 cm³/mol. The Bertz CT molecular complexity index is 2800. The maximum atomic E-state index is 5.03. The summed E-state index contributed by atoms with van der Waals surface area (Å²) in [6.45, 7) is 0. The first-order valence-electron chi connectivity index (χ1n) is 18.6. The van der Waals surface area contributed by atoms with Gasteiger partial charge in [-0.25, -0.2) is 9.67 Å². The summed E-state index contributed by atoms with van der Waals surface area (Å²) in [7, 11) is 0. The van der Waals surface area contributed by atoms with Gasteiger partial charge < -0.3 is 4.57 Å². The van der Waals surface area contributed by atoms with Crippen LogP contribution in [0.4, 0.5) is 0 Å². The van der Waals surface area contributed by atoms with Crippen LogP contribution in [0.1, 0.15) is 18.7 Å². The van der Waals surface area contributed by atoms with Crippen LogP contribution in [0.15, 0.2) is 194 Å². The second-order valence-corrected chi connectivity index (χ2v) is 13.7. The number of nitrogens with zero attached hydrogens (tertiary/aromatic N) is 4. The Labute approximate surface area is 314 Å². The highest BCUT2D eigenvalue weighted by molar-refractivity contribution is 6.09. The van der Waals surface area contributed by atoms with E-state index >= 15 is 0 Å². The fraction of sp³-hybridized carbons (Fsp3) is 0.0400. The average molecular weight is 693 g/mol. The van der Waals surface area contributed by atoms with Crippen LogP contribution in [0, 0.1) is 0 Å². The Kier molecular flexibility index (Phi) is 7.92. The Morgan fingerprint density at radius 2 is 0.944 bits per heavy atom. The molecule has 0 bridgehead atoms. The van der Waals surface area contributed by atoms with E-state index in [0.717, 1.165) is 52.6 Å². The highest BCUT2D eigenvalue weighted by Crippen LogP contribution is 2.39. The van der Waals surface area contributed by atoms with Crippen LogP contribution in [0.5, 0.6) is 0 Å². The molecule has 256 valence electrons. The van der Waals surface area contributed by atoms with E-state index < -0.39 is 0 Å². The fourth-order valence-electron chi connectivity index (χ4n) is 7.88. The molecule has 1 aliphatic rings. The summed E-state index contributed by atoms with van der Waals surface area (Å²) < 4.78 is 4.34. The molecule has 0 unspecified atom stereocenters. The SMILES string of the molecule is C1=CC(c2nc(-c3ccccc3)n(-c3ccc(-c4ccccc4-c4ccccc4-c4ccc(-n5c6ccccc6c6ccccc65)cc4)cc3)n2)=CCC1. The third-order valence-corrected chi connectivity index (χ3v) is 10.5. The maximum absolute atomic E-state index is 5.03. The van der Waals surface area contributed by atoms with E-state index in [1.165, 1.54) is 49.6 Å². The van der Waals surface area contributed by atoms with Crippen molar-refractivity contribution in [2.45, 2.75) is 12.8 Å². The van der Waals surface area contributed by atoms with Crippen LogP contribution in [-0.4, -0.2) is 19.3 Å². The molecule has 0 N–H and O–H groups in total. The van der Waals surface area contributed by atoms with Crippen LogP contribution >= 0.6 is 0 Å². The van der Waals surface area contributed by atoms with E-state index in [-0.39, 0.29) is 0 Å². The van der Waals surface area contributed by atoms with Crippen molar-refractivity contribution in [3.8, 4) is 56.1 Å². The summed E-state index contributed by atoms with van der Waals surface area (Å²) in [6.07, 6.45) is 8.62. The molecule has 7 aromatic carbocycles. The quantitative estimate of drug-likeness (QED) is 0.167. The lowest BCUT2D eigenvalue weighted by Gasteiger charge is -2.16. The summed E-state index contributed by atoms with van der Waals surface area (Å²) in [5.41, 5.74) is 13.7. The molecule has 0 fully saturated rings. The van der Waals surface area contributed by atoms with Crippen LogP contribution in [0.2, 0.25) is 0 Å². The van der Waals surface area contributed by atoms with Crippen molar-refractivity contribution in [2.75, 3.05) is 0 Å². The number of para-hydroxylation sites is 2. The molecule has 0 atom stereocenters. The van der Waals surface area contributed by atoms with Gasteiger partial charge in [-0.05, 0) is 82.6 Å². The number of fused-ring (bicyclic) bond motifs is 3. The Morgan fingerprint density at radius 1 is 0.426 bits per heavy atom. The minimum atomic E-state index is 0.749. The Balaban J connectivity index is 1.01. The molecule has 54 heavy (non-hydrogen) atoms. The van der Waals surface area contributed by atoms with Gasteiger partial charge in [-0.15, -0.1) is 5.10 Å². The first-order chi connectivity index (χ1) is 26.8. The van der Waals surface area contributed by atoms with E-state index in [4.69, 9.17) is 10.1 Å². The Hall–Kier alpha value is -7.04. The molecule has 0 saturated heterocycles. The van der Waals surface area contributed by atoms with E-state index in [1.807, 2.05) is 22.9 Å². The summed E-state index contributed by atoms with van der Waals surface area (Å²) in [4.78, 5) is 5.03. The standard InChI is InChI=1S/C50H36N4/c1-3-15-37(16-4-1)49-51-50(38-17-5-2-6-18-38)54(52-49)40-33-29-36(30-34-40)42-20-8-10-22-44(42)43-21-9-7-19-41(43)35-27-31-39(32-28-35)53-47-25-13-11-23-45(47)46-24-12-14-26-48(46)53/h2-3,5-34H,1,4H2. The normalized spacial score (nSPS) is 12.7. The van der Waals surface area contributed by atoms with Gasteiger partial charge in [-0.3, -0.25) is 0 Å². The zero-order valence-electron chi connectivity index (χ0n) is 29.7. The summed E-state index contributed by atoms with van der Waals surface area (Å²) in [6, 6.07) is 62.8. The van der Waals surface area contributed by atoms with Crippen molar-refractivity contribution in [1.29, 1.82) is 0 Å². The van der Waals surface area contributed by atoms with E-state index in [1.54, 1.807) is 0 Å². The van der Waals surface area contributed by atoms with Crippen molar-refractivity contribution in [2.24, 2.45) is 0 Å². The van der Waals surface area contributed by atoms with E-state index in [9.17, 15) is 0 Å². The molecule has 4 nitrogen and oxygen atoms in total. The second-order valence-electron chi connectivity index (χ2n) is 13.7. The summed E-state index contributed by atoms with van der Waals surface area (Å²) in [5.74, 6) is 1.58. The fourth-order valence-corrected chi connectivity index (χ4v) is 7.88. The molecule has 10 rings (SSSR count). The third kappa shape index (κ3) is 5.56. The van der Waals surface area contributed by atoms with Crippen molar-refractivity contribution < 1.29 is 0 Å². The number of hydrogen-bond acceptors (Lipinski definition) is 2. The number of hydrogen-bond donors (Lipinski definition) is 0. The van der Waals surface area contributed by atoms with Gasteiger partial charge >= 0.3 is 0 Å². The number of benzene rings is 7. The highest BCUT2D eigenvalue weighted by atomic mass is 15.4. The molecule has 0 saturated carbocycles. The van der Waals surface area contributed by atoms with Gasteiger partial charge in [-0.2, -0.15) is 0 Å². The van der Waals surface area contributed by atoms with Crippen molar-refractivity contribution >= 4 is 27.4 Å². The lowest BCUT2D eigenvalue weighted by atomic mass is 9.89. The highest BCUT2D eigenvalue weighted by Gasteiger charge is 2.18. The second kappa shape index (κ2) is 13.5.